The third-order valence-electron chi connectivity index (χ3n) is 2.53. The highest BCUT2D eigenvalue weighted by Crippen LogP contribution is 2.11. The molecule has 1 aliphatic heterocycles. The van der Waals surface area contributed by atoms with Crippen molar-refractivity contribution in [2.75, 3.05) is 38.8 Å². The van der Waals surface area contributed by atoms with Crippen LogP contribution in [0.3, 0.4) is 0 Å². The fourth-order valence-corrected chi connectivity index (χ4v) is 2.36. The van der Waals surface area contributed by atoms with Crippen LogP contribution in [0.5, 0.6) is 0 Å². The first kappa shape index (κ1) is 13.3. The first-order chi connectivity index (χ1) is 7.56. The number of nitrogens with one attached hydrogen (secondary N) is 1. The maximum Gasteiger partial charge on any atom is 0.241 e. The lowest BCUT2D eigenvalue weighted by Gasteiger charge is -2.24. The van der Waals surface area contributed by atoms with E-state index in [0.29, 0.717) is 6.54 Å². The van der Waals surface area contributed by atoms with Crippen LogP contribution in [0.25, 0.3) is 0 Å². The van der Waals surface area contributed by atoms with Gasteiger partial charge in [0, 0.05) is 32.3 Å². The molecule has 1 aliphatic rings. The van der Waals surface area contributed by atoms with Crippen LogP contribution < -0.4 is 5.32 Å². The number of rotatable bonds is 4. The predicted molar refractivity (Wildman–Crippen MR) is 65.2 cm³/mol. The van der Waals surface area contributed by atoms with E-state index >= 15 is 0 Å². The highest BCUT2D eigenvalue weighted by atomic mass is 32.2. The molecule has 0 bridgehead atoms. The van der Waals surface area contributed by atoms with Crippen LogP contribution in [-0.4, -0.2) is 66.5 Å². The van der Waals surface area contributed by atoms with E-state index in [2.05, 4.69) is 5.32 Å². The lowest BCUT2D eigenvalue weighted by Crippen LogP contribution is -2.48. The van der Waals surface area contributed by atoms with Crippen LogP contribution in [0, 0.1) is 0 Å². The van der Waals surface area contributed by atoms with E-state index < -0.39 is 0 Å². The molecule has 0 aliphatic carbocycles. The molecule has 1 fully saturated rings. The molecule has 0 spiro atoms. The normalized spacial score (nSPS) is 19.6. The molecule has 0 saturated carbocycles. The van der Waals surface area contributed by atoms with Gasteiger partial charge in [0.05, 0.1) is 12.6 Å². The molecular weight excluding hydrogens is 226 g/mol. The molecule has 6 heteroatoms. The number of hydrogen-bond donors (Lipinski definition) is 1. The van der Waals surface area contributed by atoms with Gasteiger partial charge in [-0.1, -0.05) is 0 Å². The van der Waals surface area contributed by atoms with Crippen molar-refractivity contribution in [1.29, 1.82) is 0 Å². The first-order valence-corrected chi connectivity index (χ1v) is 6.51. The van der Waals surface area contributed by atoms with E-state index in [1.54, 1.807) is 30.8 Å². The Bertz CT molecular complexity index is 265. The van der Waals surface area contributed by atoms with Gasteiger partial charge < -0.3 is 9.80 Å². The minimum absolute atomic E-state index is 0.0303. The highest BCUT2D eigenvalue weighted by Gasteiger charge is 2.27. The number of likely N-dealkylation sites (N-methyl/N-ethyl adjacent to an activating group) is 2. The lowest BCUT2D eigenvalue weighted by atomic mass is 10.3. The summed E-state index contributed by atoms with van der Waals surface area (Å²) in [6, 6.07) is -0.125. The summed E-state index contributed by atoms with van der Waals surface area (Å²) in [7, 11) is 3.40. The summed E-state index contributed by atoms with van der Waals surface area (Å²) in [5, 5.41) is 3.12. The molecule has 0 aromatic carbocycles. The van der Waals surface area contributed by atoms with Crippen LogP contribution in [0.4, 0.5) is 0 Å². The maximum absolute atomic E-state index is 12.0. The monoisotopic (exact) mass is 245 g/mol. The second kappa shape index (κ2) is 6.10. The van der Waals surface area contributed by atoms with Gasteiger partial charge in [-0.25, -0.2) is 0 Å². The van der Waals surface area contributed by atoms with Crippen molar-refractivity contribution in [1.82, 2.24) is 15.1 Å². The molecule has 92 valence electrons. The minimum Gasteiger partial charge on any atom is -0.347 e. The van der Waals surface area contributed by atoms with Crippen LogP contribution >= 0.6 is 11.8 Å². The van der Waals surface area contributed by atoms with Crippen molar-refractivity contribution in [3.05, 3.63) is 0 Å². The fourth-order valence-electron chi connectivity index (χ4n) is 1.42. The molecule has 1 heterocycles. The van der Waals surface area contributed by atoms with Crippen molar-refractivity contribution in [3.63, 3.8) is 0 Å². The van der Waals surface area contributed by atoms with Crippen LogP contribution in [-0.2, 0) is 9.59 Å². The Balaban J connectivity index is 2.52. The highest BCUT2D eigenvalue weighted by molar-refractivity contribution is 7.99. The van der Waals surface area contributed by atoms with Gasteiger partial charge in [0.25, 0.3) is 0 Å². The third kappa shape index (κ3) is 3.38. The zero-order chi connectivity index (χ0) is 12.1. The Morgan fingerprint density at radius 1 is 1.44 bits per heavy atom. The largest absolute Gasteiger partial charge is 0.347 e. The van der Waals surface area contributed by atoms with Gasteiger partial charge in [-0.05, 0) is 6.92 Å². The van der Waals surface area contributed by atoms with E-state index in [1.165, 1.54) is 4.90 Å². The summed E-state index contributed by atoms with van der Waals surface area (Å²) in [6.45, 7) is 2.63. The Hall–Kier alpha value is -0.750. The minimum atomic E-state index is -0.125. The number of nitrogens with zero attached hydrogens (tertiary/aromatic N) is 2. The topological polar surface area (TPSA) is 52.7 Å². The van der Waals surface area contributed by atoms with Gasteiger partial charge in [-0.15, -0.1) is 11.8 Å². The number of carbonyl (C=O) groups is 2. The predicted octanol–water partition coefficient (Wildman–Crippen LogP) is -0.414. The van der Waals surface area contributed by atoms with Gasteiger partial charge in [0.2, 0.25) is 11.8 Å². The van der Waals surface area contributed by atoms with Gasteiger partial charge in [0.15, 0.2) is 0 Å². The van der Waals surface area contributed by atoms with Gasteiger partial charge in [0.1, 0.15) is 0 Å². The van der Waals surface area contributed by atoms with Crippen LogP contribution in [0.15, 0.2) is 0 Å². The van der Waals surface area contributed by atoms with Crippen molar-refractivity contribution in [2.24, 2.45) is 0 Å². The molecule has 1 unspecified atom stereocenters. The van der Waals surface area contributed by atoms with Gasteiger partial charge in [-0.3, -0.25) is 14.9 Å². The Kier molecular flexibility index (Phi) is 5.08. The SMILES string of the molecule is CCN(CC(=O)N(C)C)C(=O)C1CSCN1. The number of amides is 2. The Morgan fingerprint density at radius 3 is 2.56 bits per heavy atom. The number of thioether (sulfide) groups is 1. The molecule has 0 radical (unpaired) electrons. The molecule has 1 saturated heterocycles. The maximum atomic E-state index is 12.0. The van der Waals surface area contributed by atoms with Crippen molar-refractivity contribution >= 4 is 23.6 Å². The summed E-state index contributed by atoms with van der Waals surface area (Å²) in [5.41, 5.74) is 0. The number of carbonyl (C=O) groups excluding carboxylic acids is 2. The molecular formula is C10H19N3O2S. The van der Waals surface area contributed by atoms with E-state index in [4.69, 9.17) is 0 Å². The average molecular weight is 245 g/mol. The summed E-state index contributed by atoms with van der Waals surface area (Å²) in [4.78, 5) is 26.7. The van der Waals surface area contributed by atoms with Gasteiger partial charge in [-0.2, -0.15) is 0 Å². The first-order valence-electron chi connectivity index (χ1n) is 5.36. The Labute approximate surface area is 101 Å². The molecule has 1 N–H and O–H groups in total. The molecule has 1 rings (SSSR count). The fraction of sp³-hybridized carbons (Fsp3) is 0.800. The molecule has 0 aromatic rings. The molecule has 0 aromatic heterocycles. The second-order valence-electron chi connectivity index (χ2n) is 3.91. The van der Waals surface area contributed by atoms with Crippen LogP contribution in [0.1, 0.15) is 6.92 Å². The van der Waals surface area contributed by atoms with Crippen LogP contribution in [0.2, 0.25) is 0 Å². The standard InChI is InChI=1S/C10H19N3O2S/c1-4-13(5-9(14)12(2)3)10(15)8-6-16-7-11-8/h8,11H,4-7H2,1-3H3. The number of hydrogen-bond acceptors (Lipinski definition) is 4. The zero-order valence-electron chi connectivity index (χ0n) is 10.0. The summed E-state index contributed by atoms with van der Waals surface area (Å²) >= 11 is 1.71. The summed E-state index contributed by atoms with van der Waals surface area (Å²) in [6.07, 6.45) is 0. The van der Waals surface area contributed by atoms with Crippen molar-refractivity contribution < 1.29 is 9.59 Å². The average Bonchev–Trinajstić information content (AvgIpc) is 2.77. The van der Waals surface area contributed by atoms with Gasteiger partial charge >= 0.3 is 0 Å². The Morgan fingerprint density at radius 2 is 2.12 bits per heavy atom. The zero-order valence-corrected chi connectivity index (χ0v) is 10.8. The van der Waals surface area contributed by atoms with E-state index in [-0.39, 0.29) is 24.4 Å². The quantitative estimate of drug-likeness (QED) is 0.731. The second-order valence-corrected chi connectivity index (χ2v) is 4.94. The molecule has 1 atom stereocenters. The summed E-state index contributed by atoms with van der Waals surface area (Å²) in [5.74, 6) is 1.60. The summed E-state index contributed by atoms with van der Waals surface area (Å²) < 4.78 is 0. The molecule has 2 amide bonds. The molecule has 16 heavy (non-hydrogen) atoms. The van der Waals surface area contributed by atoms with E-state index in [9.17, 15) is 9.59 Å². The molecule has 5 nitrogen and oxygen atoms in total. The lowest BCUT2D eigenvalue weighted by molar-refractivity contribution is -0.139. The van der Waals surface area contributed by atoms with Crippen molar-refractivity contribution in [3.8, 4) is 0 Å². The van der Waals surface area contributed by atoms with E-state index in [1.807, 2.05) is 6.92 Å². The van der Waals surface area contributed by atoms with E-state index in [0.717, 1.165) is 11.6 Å². The smallest absolute Gasteiger partial charge is 0.241 e. The third-order valence-corrected chi connectivity index (χ3v) is 3.47. The van der Waals surface area contributed by atoms with Crippen molar-refractivity contribution in [2.45, 2.75) is 13.0 Å².